The Hall–Kier alpha value is -2.45. The summed E-state index contributed by atoms with van der Waals surface area (Å²) >= 11 is 0. The van der Waals surface area contributed by atoms with Gasteiger partial charge in [0, 0.05) is 50.5 Å². The van der Waals surface area contributed by atoms with E-state index in [9.17, 15) is 9.59 Å². The SMILES string of the molecule is COc1ccc(C(=O)CCC(=O)N2CCC(c3nnc4n3CCNC4)CC2)cc1.Cl. The zero-order valence-corrected chi connectivity index (χ0v) is 18.0. The van der Waals surface area contributed by atoms with E-state index in [1.165, 1.54) is 0 Å². The Bertz CT molecular complexity index is 875. The number of carbonyl (C=O) groups is 2. The first-order chi connectivity index (χ1) is 14.2. The number of amides is 1. The van der Waals surface area contributed by atoms with Gasteiger partial charge in [-0.15, -0.1) is 22.6 Å². The van der Waals surface area contributed by atoms with Crippen LogP contribution in [0.4, 0.5) is 0 Å². The minimum Gasteiger partial charge on any atom is -0.497 e. The average molecular weight is 434 g/mol. The molecule has 162 valence electrons. The quantitative estimate of drug-likeness (QED) is 0.702. The van der Waals surface area contributed by atoms with Crippen molar-refractivity contribution in [2.45, 2.75) is 44.7 Å². The third-order valence-electron chi connectivity index (χ3n) is 5.84. The summed E-state index contributed by atoms with van der Waals surface area (Å²) in [5.41, 5.74) is 0.614. The number of nitrogens with one attached hydrogen (secondary N) is 1. The van der Waals surface area contributed by atoms with Crippen molar-refractivity contribution >= 4 is 24.1 Å². The van der Waals surface area contributed by atoms with Crippen molar-refractivity contribution < 1.29 is 14.3 Å². The number of hydrogen-bond acceptors (Lipinski definition) is 6. The molecule has 1 N–H and O–H groups in total. The van der Waals surface area contributed by atoms with Crippen molar-refractivity contribution in [2.24, 2.45) is 0 Å². The highest BCUT2D eigenvalue weighted by Crippen LogP contribution is 2.28. The molecule has 9 heteroatoms. The van der Waals surface area contributed by atoms with Crippen LogP contribution >= 0.6 is 12.4 Å². The lowest BCUT2D eigenvalue weighted by molar-refractivity contribution is -0.132. The lowest BCUT2D eigenvalue weighted by Gasteiger charge is -2.32. The maximum atomic E-state index is 12.6. The fourth-order valence-corrected chi connectivity index (χ4v) is 4.10. The maximum absolute atomic E-state index is 12.6. The van der Waals surface area contributed by atoms with E-state index < -0.39 is 0 Å². The number of piperidine rings is 1. The summed E-state index contributed by atoms with van der Waals surface area (Å²) in [6, 6.07) is 7.01. The van der Waals surface area contributed by atoms with Crippen LogP contribution in [0.2, 0.25) is 0 Å². The van der Waals surface area contributed by atoms with Crippen LogP contribution in [-0.4, -0.2) is 58.1 Å². The van der Waals surface area contributed by atoms with Gasteiger partial charge in [0.1, 0.15) is 17.4 Å². The number of benzene rings is 1. The Morgan fingerprint density at radius 3 is 2.53 bits per heavy atom. The van der Waals surface area contributed by atoms with Crippen LogP contribution in [0, 0.1) is 0 Å². The van der Waals surface area contributed by atoms with E-state index in [0.717, 1.165) is 44.1 Å². The van der Waals surface area contributed by atoms with E-state index in [4.69, 9.17) is 4.74 Å². The molecule has 0 aliphatic carbocycles. The van der Waals surface area contributed by atoms with Gasteiger partial charge in [-0.1, -0.05) is 0 Å². The molecule has 2 aliphatic rings. The number of hydrogen-bond donors (Lipinski definition) is 1. The van der Waals surface area contributed by atoms with Gasteiger partial charge in [-0.25, -0.2) is 0 Å². The van der Waals surface area contributed by atoms with Crippen molar-refractivity contribution in [1.82, 2.24) is 25.0 Å². The van der Waals surface area contributed by atoms with E-state index >= 15 is 0 Å². The second-order valence-electron chi connectivity index (χ2n) is 7.61. The zero-order chi connectivity index (χ0) is 20.2. The van der Waals surface area contributed by atoms with Crippen LogP contribution in [0.1, 0.15) is 53.6 Å². The number of fused-ring (bicyclic) bond motifs is 1. The van der Waals surface area contributed by atoms with Crippen molar-refractivity contribution in [3.63, 3.8) is 0 Å². The zero-order valence-electron chi connectivity index (χ0n) is 17.2. The lowest BCUT2D eigenvalue weighted by atomic mass is 9.95. The fraction of sp³-hybridized carbons (Fsp3) is 0.524. The standard InChI is InChI=1S/C21H27N5O3.ClH/c1-29-17-4-2-15(3-5-17)18(27)6-7-20(28)25-11-8-16(9-12-25)21-24-23-19-14-22-10-13-26(19)21;/h2-5,16,22H,6-14H2,1H3;1H. The summed E-state index contributed by atoms with van der Waals surface area (Å²) in [6.07, 6.45) is 2.27. The predicted octanol–water partition coefficient (Wildman–Crippen LogP) is 2.18. The lowest BCUT2D eigenvalue weighted by Crippen LogP contribution is -2.39. The van der Waals surface area contributed by atoms with E-state index in [-0.39, 0.29) is 36.9 Å². The minimum absolute atomic E-state index is 0. The molecular formula is C21H28ClN5O3. The predicted molar refractivity (Wildman–Crippen MR) is 114 cm³/mol. The third-order valence-corrected chi connectivity index (χ3v) is 5.84. The molecule has 1 saturated heterocycles. The van der Waals surface area contributed by atoms with Crippen LogP contribution in [0.5, 0.6) is 5.75 Å². The molecule has 1 aromatic heterocycles. The van der Waals surface area contributed by atoms with Crippen LogP contribution in [-0.2, 0) is 17.9 Å². The van der Waals surface area contributed by atoms with Gasteiger partial charge in [0.25, 0.3) is 0 Å². The number of methoxy groups -OCH3 is 1. The molecule has 3 heterocycles. The third kappa shape index (κ3) is 4.82. The van der Waals surface area contributed by atoms with Gasteiger partial charge < -0.3 is 19.5 Å². The molecule has 0 bridgehead atoms. The Morgan fingerprint density at radius 1 is 1.10 bits per heavy atom. The molecule has 0 atom stereocenters. The molecule has 0 unspecified atom stereocenters. The number of ketones is 1. The maximum Gasteiger partial charge on any atom is 0.223 e. The molecule has 30 heavy (non-hydrogen) atoms. The molecule has 1 amide bonds. The van der Waals surface area contributed by atoms with Gasteiger partial charge >= 0.3 is 0 Å². The first kappa shape index (κ1) is 22.2. The van der Waals surface area contributed by atoms with Crippen molar-refractivity contribution in [3.05, 3.63) is 41.5 Å². The molecule has 0 saturated carbocycles. The molecule has 4 rings (SSSR count). The van der Waals surface area contributed by atoms with Crippen molar-refractivity contribution in [2.75, 3.05) is 26.7 Å². The summed E-state index contributed by atoms with van der Waals surface area (Å²) in [6.45, 7) is 4.04. The second kappa shape index (κ2) is 10.0. The highest BCUT2D eigenvalue weighted by molar-refractivity contribution is 5.98. The topological polar surface area (TPSA) is 89.4 Å². The van der Waals surface area contributed by atoms with Crippen LogP contribution in [0.3, 0.4) is 0 Å². The smallest absolute Gasteiger partial charge is 0.223 e. The van der Waals surface area contributed by atoms with Crippen LogP contribution in [0.15, 0.2) is 24.3 Å². The number of nitrogens with zero attached hydrogens (tertiary/aromatic N) is 4. The summed E-state index contributed by atoms with van der Waals surface area (Å²) in [5.74, 6) is 3.16. The van der Waals surface area contributed by atoms with Gasteiger partial charge in [0.2, 0.25) is 5.91 Å². The summed E-state index contributed by atoms with van der Waals surface area (Å²) in [5, 5.41) is 12.0. The number of aromatic nitrogens is 3. The normalized spacial score (nSPS) is 16.5. The first-order valence-corrected chi connectivity index (χ1v) is 10.2. The number of carbonyl (C=O) groups excluding carboxylic acids is 2. The van der Waals surface area contributed by atoms with Crippen molar-refractivity contribution in [1.29, 1.82) is 0 Å². The van der Waals surface area contributed by atoms with E-state index in [0.29, 0.717) is 30.3 Å². The highest BCUT2D eigenvalue weighted by atomic mass is 35.5. The van der Waals surface area contributed by atoms with Gasteiger partial charge in [-0.05, 0) is 37.1 Å². The fourth-order valence-electron chi connectivity index (χ4n) is 4.10. The minimum atomic E-state index is -0.0143. The Balaban J connectivity index is 0.00000256. The van der Waals surface area contributed by atoms with Crippen LogP contribution < -0.4 is 10.1 Å². The molecule has 0 spiro atoms. The van der Waals surface area contributed by atoms with Gasteiger partial charge in [-0.2, -0.15) is 0 Å². The van der Waals surface area contributed by atoms with Gasteiger partial charge in [0.05, 0.1) is 13.7 Å². The number of Topliss-reactive ketones (excluding diaryl/α,β-unsaturated/α-hetero) is 1. The first-order valence-electron chi connectivity index (χ1n) is 10.2. The number of ether oxygens (including phenoxy) is 1. The molecular weight excluding hydrogens is 406 g/mol. The second-order valence-corrected chi connectivity index (χ2v) is 7.61. The number of likely N-dealkylation sites (tertiary alicyclic amines) is 1. The molecule has 2 aromatic rings. The van der Waals surface area contributed by atoms with Gasteiger partial charge in [-0.3, -0.25) is 9.59 Å². The summed E-state index contributed by atoms with van der Waals surface area (Å²) < 4.78 is 7.34. The Morgan fingerprint density at radius 2 is 1.83 bits per heavy atom. The van der Waals surface area contributed by atoms with Gasteiger partial charge in [0.15, 0.2) is 5.78 Å². The molecule has 8 nitrogen and oxygen atoms in total. The van der Waals surface area contributed by atoms with E-state index in [1.807, 2.05) is 4.90 Å². The van der Waals surface area contributed by atoms with Crippen molar-refractivity contribution in [3.8, 4) is 5.75 Å². The largest absolute Gasteiger partial charge is 0.497 e. The Labute approximate surface area is 182 Å². The Kier molecular flexibility index (Phi) is 7.44. The summed E-state index contributed by atoms with van der Waals surface area (Å²) in [4.78, 5) is 26.8. The molecule has 1 fully saturated rings. The number of halogens is 1. The molecule has 2 aliphatic heterocycles. The van der Waals surface area contributed by atoms with E-state index in [2.05, 4.69) is 20.1 Å². The monoisotopic (exact) mass is 433 g/mol. The van der Waals surface area contributed by atoms with E-state index in [1.54, 1.807) is 31.4 Å². The number of rotatable bonds is 6. The molecule has 1 aromatic carbocycles. The highest BCUT2D eigenvalue weighted by Gasteiger charge is 2.28. The molecule has 0 radical (unpaired) electrons. The average Bonchev–Trinajstić information content (AvgIpc) is 3.21. The van der Waals surface area contributed by atoms with Crippen LogP contribution in [0.25, 0.3) is 0 Å². The summed E-state index contributed by atoms with van der Waals surface area (Å²) in [7, 11) is 1.59.